The first kappa shape index (κ1) is 26.4. The lowest BCUT2D eigenvalue weighted by Gasteiger charge is -2.19. The van der Waals surface area contributed by atoms with E-state index in [9.17, 15) is 0 Å². The van der Waals surface area contributed by atoms with E-state index >= 15 is 0 Å². The fourth-order valence-electron chi connectivity index (χ4n) is 2.49. The third-order valence-electron chi connectivity index (χ3n) is 4.63. The van der Waals surface area contributed by atoms with Crippen LogP contribution in [-0.2, 0) is 0 Å². The standard InChI is InChI=1S/C27H40N2/c1-9-12-13-14-17-26(11-3)27(18-15-16-23(4)10-2)24(5)19-20-25(6)29(8)22-21-28-7/h9-10,12-20,28H,1-2,11,21-22H2,3-8H3/b13-12-,17-14+,18-15+,23-16-,24-19+,25-20+,27-26-. The summed E-state index contributed by atoms with van der Waals surface area (Å²) in [6.07, 6.45) is 23.6. The molecule has 0 saturated heterocycles. The van der Waals surface area contributed by atoms with Crippen LogP contribution in [0.3, 0.4) is 0 Å². The predicted molar refractivity (Wildman–Crippen MR) is 133 cm³/mol. The Hall–Kier alpha value is -2.58. The van der Waals surface area contributed by atoms with E-state index in [1.165, 1.54) is 22.4 Å². The zero-order valence-corrected chi connectivity index (χ0v) is 19.3. The van der Waals surface area contributed by atoms with Crippen molar-refractivity contribution in [3.8, 4) is 0 Å². The highest BCUT2D eigenvalue weighted by Crippen LogP contribution is 2.21. The van der Waals surface area contributed by atoms with Crippen LogP contribution in [0.1, 0.15) is 34.1 Å². The van der Waals surface area contributed by atoms with Crippen molar-refractivity contribution in [2.75, 3.05) is 27.2 Å². The molecule has 0 bridgehead atoms. The van der Waals surface area contributed by atoms with E-state index in [1.807, 2.05) is 25.3 Å². The van der Waals surface area contributed by atoms with Gasteiger partial charge in [-0.25, -0.2) is 0 Å². The van der Waals surface area contributed by atoms with Crippen LogP contribution < -0.4 is 5.32 Å². The molecule has 2 nitrogen and oxygen atoms in total. The van der Waals surface area contributed by atoms with Crippen molar-refractivity contribution < 1.29 is 0 Å². The molecule has 0 aromatic heterocycles. The number of hydrogen-bond donors (Lipinski definition) is 1. The molecule has 0 heterocycles. The minimum absolute atomic E-state index is 0.957. The monoisotopic (exact) mass is 392 g/mol. The lowest BCUT2D eigenvalue weighted by molar-refractivity contribution is 0.416. The highest BCUT2D eigenvalue weighted by Gasteiger charge is 2.03. The highest BCUT2D eigenvalue weighted by atomic mass is 15.1. The fourth-order valence-corrected chi connectivity index (χ4v) is 2.49. The topological polar surface area (TPSA) is 15.3 Å². The molecule has 0 amide bonds. The zero-order valence-electron chi connectivity index (χ0n) is 19.3. The van der Waals surface area contributed by atoms with Crippen LogP contribution in [0.4, 0.5) is 0 Å². The van der Waals surface area contributed by atoms with Crippen LogP contribution >= 0.6 is 0 Å². The van der Waals surface area contributed by atoms with Gasteiger partial charge in [0.2, 0.25) is 0 Å². The highest BCUT2D eigenvalue weighted by molar-refractivity contribution is 5.48. The first-order valence-electron chi connectivity index (χ1n) is 10.3. The van der Waals surface area contributed by atoms with Crippen molar-refractivity contribution in [1.29, 1.82) is 0 Å². The Bertz CT molecular complexity index is 722. The summed E-state index contributed by atoms with van der Waals surface area (Å²) in [5.41, 5.74) is 6.16. The van der Waals surface area contributed by atoms with Crippen LogP contribution in [0.2, 0.25) is 0 Å². The van der Waals surface area contributed by atoms with Crippen molar-refractivity contribution in [3.05, 3.63) is 108 Å². The number of hydrogen-bond acceptors (Lipinski definition) is 2. The van der Waals surface area contributed by atoms with E-state index in [0.717, 1.165) is 25.1 Å². The molecule has 0 spiro atoms. The Morgan fingerprint density at radius 3 is 2.24 bits per heavy atom. The maximum Gasteiger partial charge on any atom is 0.0296 e. The van der Waals surface area contributed by atoms with Crippen LogP contribution in [0.25, 0.3) is 0 Å². The quantitative estimate of drug-likeness (QED) is 0.352. The normalized spacial score (nSPS) is 14.8. The van der Waals surface area contributed by atoms with E-state index in [0.29, 0.717) is 0 Å². The van der Waals surface area contributed by atoms with Gasteiger partial charge in [-0.2, -0.15) is 0 Å². The SMILES string of the molecule is C=C\C=C/C=C/C(CC)=C(/C=C/C=C(/C)C=C)C(\C)=C\C=C(/C)N(C)CCNC. The number of rotatable bonds is 13. The van der Waals surface area contributed by atoms with E-state index in [2.05, 4.69) is 101 Å². The lowest BCUT2D eigenvalue weighted by Crippen LogP contribution is -2.25. The van der Waals surface area contributed by atoms with Crippen LogP contribution in [0, 0.1) is 0 Å². The maximum absolute atomic E-state index is 3.82. The smallest absolute Gasteiger partial charge is 0.0296 e. The maximum atomic E-state index is 3.82. The molecule has 1 N–H and O–H groups in total. The Kier molecular flexibility index (Phi) is 14.9. The molecular weight excluding hydrogens is 352 g/mol. The van der Waals surface area contributed by atoms with Gasteiger partial charge in [-0.3, -0.25) is 0 Å². The van der Waals surface area contributed by atoms with Crippen molar-refractivity contribution in [2.45, 2.75) is 34.1 Å². The molecule has 0 fully saturated rings. The summed E-state index contributed by atoms with van der Waals surface area (Å²) in [6.45, 7) is 18.1. The Balaban J connectivity index is 5.96. The second kappa shape index (κ2) is 16.4. The van der Waals surface area contributed by atoms with Gasteiger partial charge in [-0.05, 0) is 57.0 Å². The largest absolute Gasteiger partial charge is 0.377 e. The second-order valence-electron chi connectivity index (χ2n) is 6.93. The van der Waals surface area contributed by atoms with E-state index in [1.54, 1.807) is 6.08 Å². The first-order valence-corrected chi connectivity index (χ1v) is 10.3. The summed E-state index contributed by atoms with van der Waals surface area (Å²) in [6, 6.07) is 0. The average molecular weight is 393 g/mol. The van der Waals surface area contributed by atoms with Crippen molar-refractivity contribution >= 4 is 0 Å². The summed E-state index contributed by atoms with van der Waals surface area (Å²) in [7, 11) is 4.10. The molecule has 158 valence electrons. The van der Waals surface area contributed by atoms with Crippen LogP contribution in [-0.4, -0.2) is 32.1 Å². The molecule has 0 aromatic rings. The zero-order chi connectivity index (χ0) is 22.1. The minimum atomic E-state index is 0.957. The summed E-state index contributed by atoms with van der Waals surface area (Å²) >= 11 is 0. The molecule has 0 saturated carbocycles. The molecule has 2 heteroatoms. The summed E-state index contributed by atoms with van der Waals surface area (Å²) in [5.74, 6) is 0. The van der Waals surface area contributed by atoms with Gasteiger partial charge < -0.3 is 10.2 Å². The molecule has 0 aliphatic carbocycles. The molecule has 0 unspecified atom stereocenters. The van der Waals surface area contributed by atoms with Crippen LogP contribution in [0.15, 0.2) is 108 Å². The van der Waals surface area contributed by atoms with Gasteiger partial charge in [0.05, 0.1) is 0 Å². The number of nitrogens with zero attached hydrogens (tertiary/aromatic N) is 1. The van der Waals surface area contributed by atoms with Gasteiger partial charge in [0.15, 0.2) is 0 Å². The minimum Gasteiger partial charge on any atom is -0.377 e. The molecule has 0 radical (unpaired) electrons. The number of nitrogens with one attached hydrogen (secondary N) is 1. The van der Waals surface area contributed by atoms with Crippen molar-refractivity contribution in [2.24, 2.45) is 0 Å². The van der Waals surface area contributed by atoms with Crippen molar-refractivity contribution in [1.82, 2.24) is 10.2 Å². The summed E-state index contributed by atoms with van der Waals surface area (Å²) in [4.78, 5) is 2.26. The molecule has 0 aromatic carbocycles. The van der Waals surface area contributed by atoms with Gasteiger partial charge in [0.1, 0.15) is 0 Å². The first-order chi connectivity index (χ1) is 13.9. The van der Waals surface area contributed by atoms with Crippen molar-refractivity contribution in [3.63, 3.8) is 0 Å². The number of allylic oxidation sites excluding steroid dienone is 16. The molecule has 29 heavy (non-hydrogen) atoms. The van der Waals surface area contributed by atoms with Gasteiger partial charge >= 0.3 is 0 Å². The Labute approximate surface area is 179 Å². The summed E-state index contributed by atoms with van der Waals surface area (Å²) in [5, 5.41) is 3.19. The van der Waals surface area contributed by atoms with E-state index in [-0.39, 0.29) is 0 Å². The molecule has 0 aliphatic heterocycles. The molecule has 0 atom stereocenters. The fraction of sp³-hybridized carbons (Fsp3) is 0.333. The molecule has 0 aliphatic rings. The Morgan fingerprint density at radius 2 is 1.66 bits per heavy atom. The van der Waals surface area contributed by atoms with Gasteiger partial charge in [0.25, 0.3) is 0 Å². The van der Waals surface area contributed by atoms with E-state index in [4.69, 9.17) is 0 Å². The van der Waals surface area contributed by atoms with Gasteiger partial charge in [0, 0.05) is 25.8 Å². The average Bonchev–Trinajstić information content (AvgIpc) is 2.73. The number of likely N-dealkylation sites (N-methyl/N-ethyl adjacent to an activating group) is 2. The van der Waals surface area contributed by atoms with Crippen LogP contribution in [0.5, 0.6) is 0 Å². The Morgan fingerprint density at radius 1 is 0.931 bits per heavy atom. The predicted octanol–water partition coefficient (Wildman–Crippen LogP) is 6.68. The third-order valence-corrected chi connectivity index (χ3v) is 4.63. The van der Waals surface area contributed by atoms with Gasteiger partial charge in [-0.1, -0.05) is 86.4 Å². The third kappa shape index (κ3) is 11.8. The van der Waals surface area contributed by atoms with E-state index < -0.39 is 0 Å². The summed E-state index contributed by atoms with van der Waals surface area (Å²) < 4.78 is 0. The second-order valence-corrected chi connectivity index (χ2v) is 6.93. The molecular formula is C27H40N2. The lowest BCUT2D eigenvalue weighted by atomic mass is 9.97. The van der Waals surface area contributed by atoms with Gasteiger partial charge in [-0.15, -0.1) is 0 Å². The molecule has 0 rings (SSSR count).